The van der Waals surface area contributed by atoms with Gasteiger partial charge in [-0.25, -0.2) is 0 Å². The molecule has 1 amide bonds. The van der Waals surface area contributed by atoms with Crippen LogP contribution < -0.4 is 0 Å². The van der Waals surface area contributed by atoms with Crippen molar-refractivity contribution in [1.29, 1.82) is 0 Å². The molecule has 0 saturated carbocycles. The van der Waals surface area contributed by atoms with Gasteiger partial charge in [0.05, 0.1) is 6.42 Å². The molecule has 0 atom stereocenters. The molecular weight excluding hydrogens is 158 g/mol. The summed E-state index contributed by atoms with van der Waals surface area (Å²) >= 11 is 0. The summed E-state index contributed by atoms with van der Waals surface area (Å²) in [6.45, 7) is 1.66. The lowest BCUT2D eigenvalue weighted by molar-refractivity contribution is -0.144. The lowest BCUT2D eigenvalue weighted by atomic mass is 10.1. The monoisotopic (exact) mass is 171 g/mol. The number of Topliss-reactive ketones (excluding diaryl/α,β-unsaturated/α-hetero) is 2. The van der Waals surface area contributed by atoms with E-state index in [1.165, 1.54) is 19.0 Å². The number of carbonyl (C=O) groups is 3. The van der Waals surface area contributed by atoms with E-state index in [1.54, 1.807) is 6.92 Å². The lowest BCUT2D eigenvalue weighted by Crippen LogP contribution is -2.31. The smallest absolute Gasteiger partial charge is 0.289 e. The van der Waals surface area contributed by atoms with Crippen LogP contribution in [0.25, 0.3) is 0 Å². The molecule has 0 aliphatic carbocycles. The van der Waals surface area contributed by atoms with E-state index in [0.29, 0.717) is 6.42 Å². The largest absolute Gasteiger partial charge is 0.342 e. The molecule has 0 aromatic heterocycles. The molecule has 4 heteroatoms. The quantitative estimate of drug-likeness (QED) is 0.442. The second-order valence-electron chi connectivity index (χ2n) is 2.69. The first-order valence-electron chi connectivity index (χ1n) is 3.75. The molecule has 12 heavy (non-hydrogen) atoms. The number of rotatable bonds is 4. The van der Waals surface area contributed by atoms with Gasteiger partial charge in [0.15, 0.2) is 0 Å². The van der Waals surface area contributed by atoms with E-state index in [9.17, 15) is 14.4 Å². The summed E-state index contributed by atoms with van der Waals surface area (Å²) in [6.07, 6.45) is 0.0277. The molecule has 0 aliphatic rings. The number of ketones is 2. The molecule has 0 unspecified atom stereocenters. The number of amides is 1. The third kappa shape index (κ3) is 3.27. The van der Waals surface area contributed by atoms with E-state index < -0.39 is 11.7 Å². The van der Waals surface area contributed by atoms with Gasteiger partial charge in [-0.1, -0.05) is 6.92 Å². The summed E-state index contributed by atoms with van der Waals surface area (Å²) in [6, 6.07) is 0. The Labute approximate surface area is 71.5 Å². The Morgan fingerprint density at radius 1 is 1.17 bits per heavy atom. The predicted molar refractivity (Wildman–Crippen MR) is 43.6 cm³/mol. The molecule has 4 nitrogen and oxygen atoms in total. The highest BCUT2D eigenvalue weighted by molar-refractivity contribution is 6.39. The minimum absolute atomic E-state index is 0.199. The van der Waals surface area contributed by atoms with Gasteiger partial charge in [-0.3, -0.25) is 14.4 Å². The SMILES string of the molecule is CCC(=O)CC(=O)C(=O)N(C)C. The van der Waals surface area contributed by atoms with Crippen molar-refractivity contribution in [2.45, 2.75) is 19.8 Å². The lowest BCUT2D eigenvalue weighted by Gasteiger charge is -2.07. The third-order valence-corrected chi connectivity index (χ3v) is 1.40. The highest BCUT2D eigenvalue weighted by Gasteiger charge is 2.17. The number of hydrogen-bond acceptors (Lipinski definition) is 3. The van der Waals surface area contributed by atoms with Gasteiger partial charge in [0.25, 0.3) is 5.91 Å². The maximum atomic E-state index is 10.9. The maximum Gasteiger partial charge on any atom is 0.289 e. The van der Waals surface area contributed by atoms with Crippen molar-refractivity contribution in [1.82, 2.24) is 4.90 Å². The van der Waals surface area contributed by atoms with Crippen molar-refractivity contribution >= 4 is 17.5 Å². The van der Waals surface area contributed by atoms with Gasteiger partial charge in [0, 0.05) is 20.5 Å². The van der Waals surface area contributed by atoms with Gasteiger partial charge in [0.2, 0.25) is 5.78 Å². The average Bonchev–Trinajstić information content (AvgIpc) is 2.02. The normalized spacial score (nSPS) is 9.25. The topological polar surface area (TPSA) is 54.5 Å². The van der Waals surface area contributed by atoms with Crippen molar-refractivity contribution in [3.63, 3.8) is 0 Å². The molecule has 0 aliphatic heterocycles. The molecule has 68 valence electrons. The molecule has 0 bridgehead atoms. The molecule has 0 aromatic rings. The Bertz CT molecular complexity index is 208. The van der Waals surface area contributed by atoms with Crippen LogP contribution in [-0.2, 0) is 14.4 Å². The Hall–Kier alpha value is -1.19. The van der Waals surface area contributed by atoms with Crippen molar-refractivity contribution < 1.29 is 14.4 Å². The van der Waals surface area contributed by atoms with E-state index in [0.717, 1.165) is 0 Å². The summed E-state index contributed by atoms with van der Waals surface area (Å²) in [5, 5.41) is 0. The van der Waals surface area contributed by atoms with E-state index in [-0.39, 0.29) is 12.2 Å². The highest BCUT2D eigenvalue weighted by atomic mass is 16.2. The first-order chi connectivity index (χ1) is 5.49. The minimum Gasteiger partial charge on any atom is -0.342 e. The number of hydrogen-bond donors (Lipinski definition) is 0. The summed E-state index contributed by atoms with van der Waals surface area (Å²) < 4.78 is 0. The van der Waals surface area contributed by atoms with Crippen LogP contribution in [0.3, 0.4) is 0 Å². The first-order valence-corrected chi connectivity index (χ1v) is 3.75. The third-order valence-electron chi connectivity index (χ3n) is 1.40. The molecule has 0 saturated heterocycles. The Morgan fingerprint density at radius 2 is 1.67 bits per heavy atom. The molecule has 0 N–H and O–H groups in total. The van der Waals surface area contributed by atoms with Crippen molar-refractivity contribution in [3.05, 3.63) is 0 Å². The van der Waals surface area contributed by atoms with Crippen LogP contribution in [0.2, 0.25) is 0 Å². The zero-order valence-corrected chi connectivity index (χ0v) is 7.59. The fourth-order valence-corrected chi connectivity index (χ4v) is 0.629. The van der Waals surface area contributed by atoms with Crippen LogP contribution in [0.1, 0.15) is 19.8 Å². The summed E-state index contributed by atoms with van der Waals surface area (Å²) in [4.78, 5) is 33.8. The second kappa shape index (κ2) is 4.64. The van der Waals surface area contributed by atoms with Crippen LogP contribution in [0.4, 0.5) is 0 Å². The van der Waals surface area contributed by atoms with Crippen LogP contribution in [0, 0.1) is 0 Å². The van der Waals surface area contributed by atoms with E-state index in [4.69, 9.17) is 0 Å². The fourth-order valence-electron chi connectivity index (χ4n) is 0.629. The Morgan fingerprint density at radius 3 is 2.00 bits per heavy atom. The number of likely N-dealkylation sites (N-methyl/N-ethyl adjacent to an activating group) is 1. The van der Waals surface area contributed by atoms with E-state index in [1.807, 2.05) is 0 Å². The Kier molecular flexibility index (Phi) is 4.18. The second-order valence-corrected chi connectivity index (χ2v) is 2.69. The van der Waals surface area contributed by atoms with Gasteiger partial charge in [-0.15, -0.1) is 0 Å². The Balaban J connectivity index is 4.05. The summed E-state index contributed by atoms with van der Waals surface area (Å²) in [5.41, 5.74) is 0. The van der Waals surface area contributed by atoms with E-state index in [2.05, 4.69) is 0 Å². The van der Waals surface area contributed by atoms with Gasteiger partial charge in [-0.2, -0.15) is 0 Å². The van der Waals surface area contributed by atoms with Crippen LogP contribution in [0.5, 0.6) is 0 Å². The van der Waals surface area contributed by atoms with Gasteiger partial charge < -0.3 is 4.90 Å². The molecule has 0 spiro atoms. The standard InChI is InChI=1S/C8H13NO3/c1-4-6(10)5-7(11)8(12)9(2)3/h4-5H2,1-3H3. The molecule has 0 heterocycles. The molecule has 0 rings (SSSR count). The van der Waals surface area contributed by atoms with Crippen molar-refractivity contribution in [3.8, 4) is 0 Å². The maximum absolute atomic E-state index is 10.9. The molecule has 0 radical (unpaired) electrons. The average molecular weight is 171 g/mol. The molecular formula is C8H13NO3. The summed E-state index contributed by atoms with van der Waals surface area (Å²) in [5.74, 6) is -1.45. The van der Waals surface area contributed by atoms with Crippen LogP contribution >= 0.6 is 0 Å². The zero-order valence-electron chi connectivity index (χ0n) is 7.59. The predicted octanol–water partition coefficient (Wildman–Crippen LogP) is 0.0129. The first kappa shape index (κ1) is 10.8. The van der Waals surface area contributed by atoms with E-state index >= 15 is 0 Å². The highest BCUT2D eigenvalue weighted by Crippen LogP contribution is 1.93. The van der Waals surface area contributed by atoms with Gasteiger partial charge in [-0.05, 0) is 0 Å². The van der Waals surface area contributed by atoms with Crippen LogP contribution in [-0.4, -0.2) is 36.5 Å². The number of nitrogens with zero attached hydrogens (tertiary/aromatic N) is 1. The van der Waals surface area contributed by atoms with Crippen LogP contribution in [0.15, 0.2) is 0 Å². The van der Waals surface area contributed by atoms with Gasteiger partial charge >= 0.3 is 0 Å². The van der Waals surface area contributed by atoms with Gasteiger partial charge in [0.1, 0.15) is 5.78 Å². The molecule has 0 fully saturated rings. The van der Waals surface area contributed by atoms with Crippen molar-refractivity contribution in [2.24, 2.45) is 0 Å². The van der Waals surface area contributed by atoms with Crippen molar-refractivity contribution in [2.75, 3.05) is 14.1 Å². The zero-order chi connectivity index (χ0) is 9.72. The summed E-state index contributed by atoms with van der Waals surface area (Å²) in [7, 11) is 2.97. The number of carbonyl (C=O) groups excluding carboxylic acids is 3. The minimum atomic E-state index is -0.633. The fraction of sp³-hybridized carbons (Fsp3) is 0.625. The molecule has 0 aromatic carbocycles.